The number of carbonyl (C=O) groups excluding carboxylic acids is 1. The quantitative estimate of drug-likeness (QED) is 0.827. The average Bonchev–Trinajstić information content (AvgIpc) is 2.69. The lowest BCUT2D eigenvalue weighted by atomic mass is 10.1. The lowest BCUT2D eigenvalue weighted by Gasteiger charge is -2.37. The summed E-state index contributed by atoms with van der Waals surface area (Å²) in [6.45, 7) is 4.48. The molecule has 0 aliphatic carbocycles. The van der Waals surface area contributed by atoms with Crippen molar-refractivity contribution in [1.82, 2.24) is 9.88 Å². The van der Waals surface area contributed by atoms with Crippen LogP contribution in [0.4, 0.5) is 24.7 Å². The molecule has 1 fully saturated rings. The number of benzene rings is 1. The Balaban J connectivity index is 1.60. The fourth-order valence-corrected chi connectivity index (χ4v) is 3.34. The highest BCUT2D eigenvalue weighted by Crippen LogP contribution is 2.36. The van der Waals surface area contributed by atoms with Gasteiger partial charge in [-0.2, -0.15) is 13.2 Å². The highest BCUT2D eigenvalue weighted by atomic mass is 35.5. The number of piperazine rings is 1. The van der Waals surface area contributed by atoms with E-state index in [0.29, 0.717) is 26.2 Å². The Morgan fingerprint density at radius 3 is 2.50 bits per heavy atom. The van der Waals surface area contributed by atoms with Gasteiger partial charge in [0.1, 0.15) is 5.82 Å². The molecule has 2 heterocycles. The van der Waals surface area contributed by atoms with Crippen molar-refractivity contribution in [3.05, 3.63) is 53.2 Å². The molecule has 2 aromatic rings. The number of amides is 1. The summed E-state index contributed by atoms with van der Waals surface area (Å²) in [5.41, 5.74) is -0.899. The molecule has 0 spiro atoms. The number of hydrogen-bond donors (Lipinski definition) is 1. The van der Waals surface area contributed by atoms with Crippen LogP contribution in [0.5, 0.6) is 0 Å². The first kappa shape index (κ1) is 20.4. The number of halogens is 4. The number of pyridine rings is 1. The van der Waals surface area contributed by atoms with Crippen molar-refractivity contribution in [2.75, 3.05) is 36.4 Å². The van der Waals surface area contributed by atoms with Crippen LogP contribution in [-0.2, 0) is 11.0 Å². The Morgan fingerprint density at radius 2 is 1.89 bits per heavy atom. The molecule has 1 atom stereocenters. The van der Waals surface area contributed by atoms with E-state index < -0.39 is 22.8 Å². The maximum absolute atomic E-state index is 13.0. The molecule has 1 aromatic carbocycles. The van der Waals surface area contributed by atoms with E-state index in [9.17, 15) is 18.0 Å². The average molecular weight is 413 g/mol. The zero-order valence-corrected chi connectivity index (χ0v) is 16.0. The van der Waals surface area contributed by atoms with Gasteiger partial charge in [-0.3, -0.25) is 9.69 Å². The van der Waals surface area contributed by atoms with E-state index in [1.54, 1.807) is 13.1 Å². The van der Waals surface area contributed by atoms with E-state index in [4.69, 9.17) is 11.6 Å². The van der Waals surface area contributed by atoms with Crippen LogP contribution in [0.1, 0.15) is 12.5 Å². The lowest BCUT2D eigenvalue weighted by Crippen LogP contribution is -2.53. The SMILES string of the molecule is CC(C(=O)Nc1ccc(Cl)c(C(F)(F)F)c1)N1CCN(c2ccccn2)CC1. The van der Waals surface area contributed by atoms with Crippen LogP contribution >= 0.6 is 11.6 Å². The number of rotatable bonds is 4. The molecule has 3 rings (SSSR count). The Bertz CT molecular complexity index is 824. The monoisotopic (exact) mass is 412 g/mol. The summed E-state index contributed by atoms with van der Waals surface area (Å²) in [4.78, 5) is 21.0. The minimum atomic E-state index is -4.58. The Labute approximate surface area is 166 Å². The van der Waals surface area contributed by atoms with Crippen LogP contribution in [0.15, 0.2) is 42.6 Å². The van der Waals surface area contributed by atoms with Crippen LogP contribution in [0.25, 0.3) is 0 Å². The van der Waals surface area contributed by atoms with Crippen LogP contribution in [0, 0.1) is 0 Å². The molecule has 1 aliphatic rings. The topological polar surface area (TPSA) is 48.5 Å². The van der Waals surface area contributed by atoms with E-state index in [1.807, 2.05) is 23.1 Å². The molecule has 1 aliphatic heterocycles. The van der Waals surface area contributed by atoms with Crippen molar-refractivity contribution in [3.63, 3.8) is 0 Å². The highest BCUT2D eigenvalue weighted by molar-refractivity contribution is 6.31. The van der Waals surface area contributed by atoms with Gasteiger partial charge in [0, 0.05) is 38.1 Å². The minimum Gasteiger partial charge on any atom is -0.354 e. The zero-order valence-electron chi connectivity index (χ0n) is 15.2. The first-order valence-corrected chi connectivity index (χ1v) is 9.21. The molecule has 5 nitrogen and oxygen atoms in total. The zero-order chi connectivity index (χ0) is 20.3. The van der Waals surface area contributed by atoms with Gasteiger partial charge in [-0.15, -0.1) is 0 Å². The summed E-state index contributed by atoms with van der Waals surface area (Å²) in [6.07, 6.45) is -2.84. The van der Waals surface area contributed by atoms with Gasteiger partial charge in [0.2, 0.25) is 5.91 Å². The number of alkyl halides is 3. The second-order valence-corrected chi connectivity index (χ2v) is 6.98. The molecule has 1 aromatic heterocycles. The maximum Gasteiger partial charge on any atom is 0.417 e. The van der Waals surface area contributed by atoms with Gasteiger partial charge in [0.05, 0.1) is 16.6 Å². The molecule has 1 saturated heterocycles. The van der Waals surface area contributed by atoms with E-state index in [0.717, 1.165) is 18.0 Å². The van der Waals surface area contributed by atoms with Gasteiger partial charge in [-0.25, -0.2) is 4.98 Å². The van der Waals surface area contributed by atoms with Crippen molar-refractivity contribution >= 4 is 29.0 Å². The number of nitrogens with one attached hydrogen (secondary N) is 1. The minimum absolute atomic E-state index is 0.0701. The standard InChI is InChI=1S/C19H20ClF3N4O/c1-13(26-8-10-27(11-9-26)17-4-2-3-7-24-17)18(28)25-14-5-6-16(20)15(12-14)19(21,22)23/h2-7,12-13H,8-11H2,1H3,(H,25,28). The summed E-state index contributed by atoms with van der Waals surface area (Å²) in [5.74, 6) is 0.529. The molecule has 1 unspecified atom stereocenters. The van der Waals surface area contributed by atoms with Crippen molar-refractivity contribution in [1.29, 1.82) is 0 Å². The summed E-state index contributed by atoms with van der Waals surface area (Å²) in [7, 11) is 0. The predicted octanol–water partition coefficient (Wildman–Crippen LogP) is 3.90. The molecule has 9 heteroatoms. The van der Waals surface area contributed by atoms with Crippen molar-refractivity contribution in [3.8, 4) is 0 Å². The first-order chi connectivity index (χ1) is 13.3. The molecule has 1 amide bonds. The Morgan fingerprint density at radius 1 is 1.18 bits per heavy atom. The van der Waals surface area contributed by atoms with E-state index in [-0.39, 0.29) is 11.6 Å². The second kappa shape index (κ2) is 8.36. The van der Waals surface area contributed by atoms with Crippen LogP contribution in [0.2, 0.25) is 5.02 Å². The molecule has 1 N–H and O–H groups in total. The van der Waals surface area contributed by atoms with Gasteiger partial charge in [0.15, 0.2) is 0 Å². The lowest BCUT2D eigenvalue weighted by molar-refractivity contribution is -0.137. The van der Waals surface area contributed by atoms with Gasteiger partial charge in [-0.05, 0) is 37.3 Å². The fourth-order valence-electron chi connectivity index (χ4n) is 3.11. The number of nitrogens with zero attached hydrogens (tertiary/aromatic N) is 3. The van der Waals surface area contributed by atoms with E-state index in [2.05, 4.69) is 15.2 Å². The molecular weight excluding hydrogens is 393 g/mol. The fraction of sp³-hybridized carbons (Fsp3) is 0.368. The molecule has 0 bridgehead atoms. The normalized spacial score (nSPS) is 16.7. The Hall–Kier alpha value is -2.32. The molecule has 150 valence electrons. The van der Waals surface area contributed by atoms with Gasteiger partial charge >= 0.3 is 6.18 Å². The van der Waals surface area contributed by atoms with E-state index >= 15 is 0 Å². The first-order valence-electron chi connectivity index (χ1n) is 8.83. The van der Waals surface area contributed by atoms with E-state index in [1.165, 1.54) is 6.07 Å². The molecule has 0 saturated carbocycles. The third-order valence-corrected chi connectivity index (χ3v) is 5.08. The van der Waals surface area contributed by atoms with Crippen molar-refractivity contribution < 1.29 is 18.0 Å². The number of anilines is 2. The smallest absolute Gasteiger partial charge is 0.354 e. The second-order valence-electron chi connectivity index (χ2n) is 6.57. The molecular formula is C19H20ClF3N4O. The van der Waals surface area contributed by atoms with Crippen LogP contribution in [-0.4, -0.2) is 48.0 Å². The van der Waals surface area contributed by atoms with Crippen LogP contribution < -0.4 is 10.2 Å². The summed E-state index contributed by atoms with van der Waals surface area (Å²) >= 11 is 5.62. The Kier molecular flexibility index (Phi) is 6.10. The number of carbonyl (C=O) groups is 1. The third-order valence-electron chi connectivity index (χ3n) is 4.75. The van der Waals surface area contributed by atoms with Crippen LogP contribution in [0.3, 0.4) is 0 Å². The largest absolute Gasteiger partial charge is 0.417 e. The summed E-state index contributed by atoms with van der Waals surface area (Å²) < 4.78 is 38.9. The van der Waals surface area contributed by atoms with Crippen molar-refractivity contribution in [2.24, 2.45) is 0 Å². The van der Waals surface area contributed by atoms with Gasteiger partial charge in [0.25, 0.3) is 0 Å². The number of hydrogen-bond acceptors (Lipinski definition) is 4. The summed E-state index contributed by atoms with van der Waals surface area (Å²) in [6, 6.07) is 8.59. The summed E-state index contributed by atoms with van der Waals surface area (Å²) in [5, 5.41) is 2.16. The van der Waals surface area contributed by atoms with Gasteiger partial charge < -0.3 is 10.2 Å². The highest BCUT2D eigenvalue weighted by Gasteiger charge is 2.34. The molecule has 28 heavy (non-hydrogen) atoms. The third kappa shape index (κ3) is 4.74. The van der Waals surface area contributed by atoms with Gasteiger partial charge in [-0.1, -0.05) is 17.7 Å². The predicted molar refractivity (Wildman–Crippen MR) is 103 cm³/mol. The number of aromatic nitrogens is 1. The maximum atomic E-state index is 13.0. The molecule has 0 radical (unpaired) electrons. The van der Waals surface area contributed by atoms with Crippen molar-refractivity contribution in [2.45, 2.75) is 19.1 Å².